The van der Waals surface area contributed by atoms with E-state index in [1.807, 2.05) is 0 Å². The number of amides is 2. The van der Waals surface area contributed by atoms with E-state index in [9.17, 15) is 4.79 Å². The Morgan fingerprint density at radius 2 is 1.68 bits per heavy atom. The lowest BCUT2D eigenvalue weighted by molar-refractivity contribution is -0.107. The molecule has 2 aliphatic carbocycles. The first-order valence-electron chi connectivity index (χ1n) is 10.7. The van der Waals surface area contributed by atoms with Crippen LogP contribution in [0, 0.1) is 0 Å². The monoisotopic (exact) mass is 349 g/mol. The largest absolute Gasteiger partial charge is 0.375 e. The Morgan fingerprint density at radius 1 is 0.920 bits per heavy atom. The summed E-state index contributed by atoms with van der Waals surface area (Å²) in [7, 11) is 0. The normalized spacial score (nSPS) is 33.6. The van der Waals surface area contributed by atoms with Crippen molar-refractivity contribution in [3.05, 3.63) is 0 Å². The first kappa shape index (κ1) is 17.6. The second-order valence-electron chi connectivity index (χ2n) is 8.82. The summed E-state index contributed by atoms with van der Waals surface area (Å²) in [6.45, 7) is 2.98. The summed E-state index contributed by atoms with van der Waals surface area (Å²) < 4.78 is 6.14. The van der Waals surface area contributed by atoms with Crippen molar-refractivity contribution in [1.82, 2.24) is 15.5 Å². The fourth-order valence-electron chi connectivity index (χ4n) is 5.61. The summed E-state index contributed by atoms with van der Waals surface area (Å²) in [5.41, 5.74) is 0.0566. The third kappa shape index (κ3) is 4.30. The second kappa shape index (κ2) is 7.83. The van der Waals surface area contributed by atoms with Crippen LogP contribution < -0.4 is 10.6 Å². The number of hydrogen-bond acceptors (Lipinski definition) is 3. The van der Waals surface area contributed by atoms with Crippen molar-refractivity contribution >= 4 is 6.03 Å². The van der Waals surface area contributed by atoms with E-state index < -0.39 is 0 Å². The first-order valence-corrected chi connectivity index (χ1v) is 10.7. The molecule has 25 heavy (non-hydrogen) atoms. The van der Waals surface area contributed by atoms with Crippen LogP contribution in [0.1, 0.15) is 77.0 Å². The van der Waals surface area contributed by atoms with Gasteiger partial charge in [0.25, 0.3) is 0 Å². The molecular formula is C20H35N3O2. The summed E-state index contributed by atoms with van der Waals surface area (Å²) in [5.74, 6) is 0. The highest BCUT2D eigenvalue weighted by atomic mass is 16.5. The number of nitrogens with zero attached hydrogens (tertiary/aromatic N) is 1. The SMILES string of the molecule is O=C(N[C@@H]1CCN(C2CCCC2)C1)N[C@@H]1CCOC2(CCCCC2)C1. The van der Waals surface area contributed by atoms with E-state index >= 15 is 0 Å². The van der Waals surface area contributed by atoms with Gasteiger partial charge in [-0.05, 0) is 44.9 Å². The van der Waals surface area contributed by atoms with Crippen LogP contribution in [0.25, 0.3) is 0 Å². The zero-order chi connectivity index (χ0) is 17.1. The molecule has 2 N–H and O–H groups in total. The Labute approximate surface area is 152 Å². The number of carbonyl (C=O) groups is 1. The molecule has 5 nitrogen and oxygen atoms in total. The van der Waals surface area contributed by atoms with Crippen molar-refractivity contribution in [3.63, 3.8) is 0 Å². The fraction of sp³-hybridized carbons (Fsp3) is 0.950. The highest BCUT2D eigenvalue weighted by Gasteiger charge is 2.39. The van der Waals surface area contributed by atoms with Gasteiger partial charge in [0.05, 0.1) is 5.60 Å². The van der Waals surface area contributed by atoms with Crippen LogP contribution in [0.5, 0.6) is 0 Å². The predicted octanol–water partition coefficient (Wildman–Crippen LogP) is 3.18. The van der Waals surface area contributed by atoms with Gasteiger partial charge in [0, 0.05) is 37.8 Å². The highest BCUT2D eigenvalue weighted by molar-refractivity contribution is 5.74. The van der Waals surface area contributed by atoms with Gasteiger partial charge in [-0.2, -0.15) is 0 Å². The molecule has 2 heterocycles. The summed E-state index contributed by atoms with van der Waals surface area (Å²) in [6, 6.07) is 1.41. The van der Waals surface area contributed by atoms with Gasteiger partial charge in [-0.15, -0.1) is 0 Å². The van der Waals surface area contributed by atoms with Gasteiger partial charge < -0.3 is 15.4 Å². The molecule has 4 rings (SSSR count). The predicted molar refractivity (Wildman–Crippen MR) is 98.7 cm³/mol. The minimum Gasteiger partial charge on any atom is -0.375 e. The second-order valence-corrected chi connectivity index (χ2v) is 8.82. The van der Waals surface area contributed by atoms with E-state index in [2.05, 4.69) is 15.5 Å². The van der Waals surface area contributed by atoms with Crippen molar-refractivity contribution in [2.24, 2.45) is 0 Å². The Bertz CT molecular complexity index is 452. The van der Waals surface area contributed by atoms with E-state index in [0.717, 1.165) is 45.0 Å². The maximum absolute atomic E-state index is 12.5. The molecule has 2 saturated heterocycles. The van der Waals surface area contributed by atoms with E-state index in [4.69, 9.17) is 4.74 Å². The smallest absolute Gasteiger partial charge is 0.315 e. The molecule has 2 aliphatic heterocycles. The third-order valence-corrected chi connectivity index (χ3v) is 6.99. The fourth-order valence-corrected chi connectivity index (χ4v) is 5.61. The van der Waals surface area contributed by atoms with Crippen molar-refractivity contribution < 1.29 is 9.53 Å². The van der Waals surface area contributed by atoms with Crippen LogP contribution in [-0.4, -0.2) is 54.4 Å². The van der Waals surface area contributed by atoms with Crippen molar-refractivity contribution in [3.8, 4) is 0 Å². The zero-order valence-electron chi connectivity index (χ0n) is 15.6. The van der Waals surface area contributed by atoms with E-state index in [0.29, 0.717) is 6.04 Å². The molecule has 0 aromatic carbocycles. The number of ether oxygens (including phenoxy) is 1. The van der Waals surface area contributed by atoms with Gasteiger partial charge in [-0.25, -0.2) is 4.79 Å². The molecule has 2 amide bonds. The molecule has 0 radical (unpaired) electrons. The number of carbonyl (C=O) groups excluding carboxylic acids is 1. The summed E-state index contributed by atoms with van der Waals surface area (Å²) in [6.07, 6.45) is 14.7. The van der Waals surface area contributed by atoms with E-state index in [-0.39, 0.29) is 17.7 Å². The molecule has 1 spiro atoms. The van der Waals surface area contributed by atoms with Crippen LogP contribution in [0.3, 0.4) is 0 Å². The number of nitrogens with one attached hydrogen (secondary N) is 2. The van der Waals surface area contributed by atoms with E-state index in [1.54, 1.807) is 0 Å². The third-order valence-electron chi connectivity index (χ3n) is 6.99. The highest BCUT2D eigenvalue weighted by Crippen LogP contribution is 2.38. The lowest BCUT2D eigenvalue weighted by Crippen LogP contribution is -2.53. The molecule has 2 atom stereocenters. The quantitative estimate of drug-likeness (QED) is 0.823. The molecular weight excluding hydrogens is 314 g/mol. The van der Waals surface area contributed by atoms with Crippen molar-refractivity contribution in [1.29, 1.82) is 0 Å². The molecule has 4 aliphatic rings. The minimum atomic E-state index is 0.0381. The molecule has 0 aromatic heterocycles. The van der Waals surface area contributed by atoms with Crippen LogP contribution in [-0.2, 0) is 4.74 Å². The van der Waals surface area contributed by atoms with E-state index in [1.165, 1.54) is 57.8 Å². The van der Waals surface area contributed by atoms with Gasteiger partial charge in [-0.3, -0.25) is 4.90 Å². The Balaban J connectivity index is 1.22. The van der Waals surface area contributed by atoms with Gasteiger partial charge >= 0.3 is 6.03 Å². The molecule has 4 fully saturated rings. The Kier molecular flexibility index (Phi) is 5.51. The number of likely N-dealkylation sites (tertiary alicyclic amines) is 1. The maximum atomic E-state index is 12.5. The van der Waals surface area contributed by atoms with Crippen LogP contribution in [0.15, 0.2) is 0 Å². The zero-order valence-corrected chi connectivity index (χ0v) is 15.6. The Morgan fingerprint density at radius 3 is 2.48 bits per heavy atom. The number of urea groups is 1. The maximum Gasteiger partial charge on any atom is 0.315 e. The lowest BCUT2D eigenvalue weighted by Gasteiger charge is -2.43. The first-order chi connectivity index (χ1) is 12.2. The van der Waals surface area contributed by atoms with Gasteiger partial charge in [0.15, 0.2) is 0 Å². The summed E-state index contributed by atoms with van der Waals surface area (Å²) in [4.78, 5) is 15.1. The summed E-state index contributed by atoms with van der Waals surface area (Å²) in [5, 5.41) is 6.49. The minimum absolute atomic E-state index is 0.0381. The molecule has 142 valence electrons. The van der Waals surface area contributed by atoms with Crippen LogP contribution >= 0.6 is 0 Å². The Hall–Kier alpha value is -0.810. The standard InChI is InChI=1S/C20H35N3O2/c24-19(22-17-8-12-23(15-17)18-6-2-3-7-18)21-16-9-13-25-20(14-16)10-4-1-5-11-20/h16-18H,1-15H2,(H2,21,22,24)/t16-,17-/m1/s1. The van der Waals surface area contributed by atoms with Gasteiger partial charge in [0.2, 0.25) is 0 Å². The topological polar surface area (TPSA) is 53.6 Å². The summed E-state index contributed by atoms with van der Waals surface area (Å²) >= 11 is 0. The van der Waals surface area contributed by atoms with Crippen LogP contribution in [0.2, 0.25) is 0 Å². The molecule has 0 bridgehead atoms. The van der Waals surface area contributed by atoms with Gasteiger partial charge in [-0.1, -0.05) is 32.1 Å². The molecule has 0 unspecified atom stereocenters. The van der Waals surface area contributed by atoms with Gasteiger partial charge in [0.1, 0.15) is 0 Å². The molecule has 5 heteroatoms. The van der Waals surface area contributed by atoms with Crippen molar-refractivity contribution in [2.75, 3.05) is 19.7 Å². The lowest BCUT2D eigenvalue weighted by atomic mass is 9.78. The average molecular weight is 350 g/mol. The van der Waals surface area contributed by atoms with Crippen molar-refractivity contribution in [2.45, 2.75) is 101 Å². The van der Waals surface area contributed by atoms with Crippen LogP contribution in [0.4, 0.5) is 4.79 Å². The number of rotatable bonds is 3. The molecule has 2 saturated carbocycles. The number of hydrogen-bond donors (Lipinski definition) is 2. The average Bonchev–Trinajstić information content (AvgIpc) is 3.27. The molecule has 0 aromatic rings.